The van der Waals surface area contributed by atoms with Gasteiger partial charge < -0.3 is 4.74 Å². The van der Waals surface area contributed by atoms with Gasteiger partial charge in [0.05, 0.1) is 18.5 Å². The fourth-order valence-electron chi connectivity index (χ4n) is 1.73. The zero-order chi connectivity index (χ0) is 12.9. The summed E-state index contributed by atoms with van der Waals surface area (Å²) in [6.07, 6.45) is 4.11. The highest BCUT2D eigenvalue weighted by molar-refractivity contribution is 5.81. The zero-order valence-electron chi connectivity index (χ0n) is 10.8. The highest BCUT2D eigenvalue weighted by Crippen LogP contribution is 2.22. The Morgan fingerprint density at radius 2 is 2.12 bits per heavy atom. The minimum atomic E-state index is -0.941. The minimum absolute atomic E-state index is 0.352. The Bertz CT molecular complexity index is 395. The van der Waals surface area contributed by atoms with Crippen LogP contribution in [0, 0.1) is 6.92 Å². The number of aromatic nitrogens is 2. The van der Waals surface area contributed by atoms with Crippen molar-refractivity contribution < 1.29 is 9.53 Å². The van der Waals surface area contributed by atoms with E-state index in [4.69, 9.17) is 4.74 Å². The summed E-state index contributed by atoms with van der Waals surface area (Å²) in [5, 5.41) is 3.18. The number of ether oxygens (including phenoxy) is 1. The topological polar surface area (TPSA) is 64.1 Å². The smallest absolute Gasteiger partial charge is 0.332 e. The van der Waals surface area contributed by atoms with Crippen LogP contribution in [0.3, 0.4) is 0 Å². The van der Waals surface area contributed by atoms with E-state index in [0.717, 1.165) is 12.1 Å². The summed E-state index contributed by atoms with van der Waals surface area (Å²) in [4.78, 5) is 20.3. The number of hydrogen-bond donors (Lipinski definition) is 1. The number of rotatable bonds is 5. The van der Waals surface area contributed by atoms with Crippen LogP contribution >= 0.6 is 0 Å². The number of methoxy groups -OCH3 is 1. The molecule has 0 aromatic carbocycles. The second-order valence-electron chi connectivity index (χ2n) is 4.03. The van der Waals surface area contributed by atoms with Crippen LogP contribution in [0.4, 0.5) is 0 Å². The number of hydrogen-bond acceptors (Lipinski definition) is 5. The third-order valence-corrected chi connectivity index (χ3v) is 2.68. The molecule has 1 heterocycles. The molecule has 1 aromatic rings. The molecule has 0 aliphatic rings. The maximum absolute atomic E-state index is 11.9. The molecule has 0 amide bonds. The molecular weight excluding hydrogens is 218 g/mol. The number of carbonyl (C=O) groups is 1. The summed E-state index contributed by atoms with van der Waals surface area (Å²) in [5.74, 6) is -0.352. The van der Waals surface area contributed by atoms with Crippen LogP contribution in [0.1, 0.15) is 31.7 Å². The third-order valence-electron chi connectivity index (χ3n) is 2.68. The number of nitrogens with one attached hydrogen (secondary N) is 1. The van der Waals surface area contributed by atoms with Gasteiger partial charge in [-0.3, -0.25) is 15.3 Å². The van der Waals surface area contributed by atoms with Gasteiger partial charge in [0.1, 0.15) is 0 Å². The van der Waals surface area contributed by atoms with Crippen LogP contribution in [0.2, 0.25) is 0 Å². The molecule has 1 aromatic heterocycles. The average molecular weight is 237 g/mol. The van der Waals surface area contributed by atoms with E-state index in [1.54, 1.807) is 19.3 Å². The monoisotopic (exact) mass is 237 g/mol. The molecule has 0 aliphatic carbocycles. The van der Waals surface area contributed by atoms with E-state index in [9.17, 15) is 4.79 Å². The van der Waals surface area contributed by atoms with Gasteiger partial charge in [-0.15, -0.1) is 0 Å². The molecule has 5 heteroatoms. The van der Waals surface area contributed by atoms with Crippen LogP contribution < -0.4 is 5.32 Å². The molecule has 1 rings (SSSR count). The Morgan fingerprint density at radius 3 is 2.65 bits per heavy atom. The van der Waals surface area contributed by atoms with Crippen molar-refractivity contribution in [1.29, 1.82) is 0 Å². The van der Waals surface area contributed by atoms with E-state index in [0.29, 0.717) is 12.2 Å². The lowest BCUT2D eigenvalue weighted by molar-refractivity contribution is -0.148. The number of nitrogens with zero attached hydrogens (tertiary/aromatic N) is 2. The second kappa shape index (κ2) is 5.72. The van der Waals surface area contributed by atoms with E-state index in [1.807, 2.05) is 13.8 Å². The molecule has 0 spiro atoms. The van der Waals surface area contributed by atoms with E-state index in [1.165, 1.54) is 7.11 Å². The molecule has 0 saturated carbocycles. The molecule has 94 valence electrons. The Kier molecular flexibility index (Phi) is 4.57. The molecule has 0 bridgehead atoms. The lowest BCUT2D eigenvalue weighted by Gasteiger charge is -2.28. The van der Waals surface area contributed by atoms with Gasteiger partial charge in [-0.1, -0.05) is 6.92 Å². The first-order valence-corrected chi connectivity index (χ1v) is 5.67. The predicted molar refractivity (Wildman–Crippen MR) is 64.4 cm³/mol. The first kappa shape index (κ1) is 13.6. The number of esters is 1. The van der Waals surface area contributed by atoms with Crippen LogP contribution in [-0.4, -0.2) is 29.6 Å². The Hall–Kier alpha value is -1.49. The molecule has 0 aliphatic heterocycles. The van der Waals surface area contributed by atoms with Crippen molar-refractivity contribution in [2.45, 2.75) is 32.7 Å². The molecule has 1 N–H and O–H groups in total. The zero-order valence-corrected chi connectivity index (χ0v) is 10.8. The number of aryl methyl sites for hydroxylation is 1. The van der Waals surface area contributed by atoms with Gasteiger partial charge in [-0.2, -0.15) is 0 Å². The van der Waals surface area contributed by atoms with Gasteiger partial charge in [0.25, 0.3) is 0 Å². The quantitative estimate of drug-likeness (QED) is 0.779. The highest BCUT2D eigenvalue weighted by atomic mass is 16.5. The van der Waals surface area contributed by atoms with E-state index >= 15 is 0 Å². The first-order chi connectivity index (χ1) is 8.06. The van der Waals surface area contributed by atoms with Crippen molar-refractivity contribution >= 4 is 5.97 Å². The first-order valence-electron chi connectivity index (χ1n) is 5.67. The van der Waals surface area contributed by atoms with Crippen LogP contribution in [-0.2, 0) is 15.1 Å². The molecule has 1 atom stereocenters. The molecule has 0 fully saturated rings. The summed E-state index contributed by atoms with van der Waals surface area (Å²) in [6, 6.07) is 0. The summed E-state index contributed by atoms with van der Waals surface area (Å²) in [6.45, 7) is 6.35. The van der Waals surface area contributed by atoms with Gasteiger partial charge in [-0.05, 0) is 26.8 Å². The molecule has 1 unspecified atom stereocenters. The standard InChI is InChI=1S/C12H19N3O2/c1-5-6-15-12(3,11(16)17-4)10-9(2)13-7-8-14-10/h7-8,15H,5-6H2,1-4H3. The lowest BCUT2D eigenvalue weighted by atomic mass is 9.95. The van der Waals surface area contributed by atoms with Gasteiger partial charge in [0, 0.05) is 12.4 Å². The van der Waals surface area contributed by atoms with Gasteiger partial charge in [0.15, 0.2) is 5.54 Å². The van der Waals surface area contributed by atoms with Crippen molar-refractivity contribution in [3.63, 3.8) is 0 Å². The molecule has 17 heavy (non-hydrogen) atoms. The summed E-state index contributed by atoms with van der Waals surface area (Å²) < 4.78 is 4.85. The normalized spacial score (nSPS) is 14.1. The van der Waals surface area contributed by atoms with Crippen LogP contribution in [0.5, 0.6) is 0 Å². The predicted octanol–water partition coefficient (Wildman–Crippen LogP) is 1.17. The average Bonchev–Trinajstić information content (AvgIpc) is 2.35. The fourth-order valence-corrected chi connectivity index (χ4v) is 1.73. The SMILES string of the molecule is CCCNC(C)(C(=O)OC)c1nccnc1C. The summed E-state index contributed by atoms with van der Waals surface area (Å²) >= 11 is 0. The van der Waals surface area contributed by atoms with Crippen LogP contribution in [0.15, 0.2) is 12.4 Å². The van der Waals surface area contributed by atoms with Crippen molar-refractivity contribution in [1.82, 2.24) is 15.3 Å². The Balaban J connectivity index is 3.14. The second-order valence-corrected chi connectivity index (χ2v) is 4.03. The fraction of sp³-hybridized carbons (Fsp3) is 0.583. The largest absolute Gasteiger partial charge is 0.467 e. The van der Waals surface area contributed by atoms with E-state index < -0.39 is 5.54 Å². The van der Waals surface area contributed by atoms with E-state index in [2.05, 4.69) is 15.3 Å². The molecule has 0 radical (unpaired) electrons. The maximum atomic E-state index is 11.9. The van der Waals surface area contributed by atoms with Gasteiger partial charge >= 0.3 is 5.97 Å². The maximum Gasteiger partial charge on any atom is 0.332 e. The summed E-state index contributed by atoms with van der Waals surface area (Å²) in [7, 11) is 1.37. The number of carbonyl (C=O) groups excluding carboxylic acids is 1. The van der Waals surface area contributed by atoms with Crippen molar-refractivity contribution in [2.24, 2.45) is 0 Å². The van der Waals surface area contributed by atoms with Crippen molar-refractivity contribution in [2.75, 3.05) is 13.7 Å². The van der Waals surface area contributed by atoms with Gasteiger partial charge in [-0.25, -0.2) is 4.79 Å². The summed E-state index contributed by atoms with van der Waals surface area (Å²) in [5.41, 5.74) is 0.396. The Morgan fingerprint density at radius 1 is 1.47 bits per heavy atom. The lowest BCUT2D eigenvalue weighted by Crippen LogP contribution is -2.48. The molecular formula is C12H19N3O2. The van der Waals surface area contributed by atoms with Crippen molar-refractivity contribution in [3.8, 4) is 0 Å². The van der Waals surface area contributed by atoms with Crippen LogP contribution in [0.25, 0.3) is 0 Å². The Labute approximate surface area is 102 Å². The van der Waals surface area contributed by atoms with Gasteiger partial charge in [0.2, 0.25) is 0 Å². The molecule has 0 saturated heterocycles. The minimum Gasteiger partial charge on any atom is -0.467 e. The third kappa shape index (κ3) is 2.79. The van der Waals surface area contributed by atoms with E-state index in [-0.39, 0.29) is 5.97 Å². The molecule has 5 nitrogen and oxygen atoms in total. The van der Waals surface area contributed by atoms with Crippen molar-refractivity contribution in [3.05, 3.63) is 23.8 Å². The highest BCUT2D eigenvalue weighted by Gasteiger charge is 2.38.